The first-order valence-corrected chi connectivity index (χ1v) is 22.2. The first-order chi connectivity index (χ1) is 33.4. The van der Waals surface area contributed by atoms with Crippen LogP contribution in [0, 0.1) is 25.5 Å². The summed E-state index contributed by atoms with van der Waals surface area (Å²) < 4.78 is 36.0. The number of carbonyl (C=O) groups excluding carboxylic acids is 2. The zero-order chi connectivity index (χ0) is 47.9. The van der Waals surface area contributed by atoms with Gasteiger partial charge in [0.25, 0.3) is 5.91 Å². The van der Waals surface area contributed by atoms with Crippen LogP contribution in [0.3, 0.4) is 0 Å². The van der Waals surface area contributed by atoms with Crippen molar-refractivity contribution < 1.29 is 23.1 Å². The summed E-state index contributed by atoms with van der Waals surface area (Å²) in [6.07, 6.45) is 6.87. The minimum atomic E-state index is -0.548. The van der Waals surface area contributed by atoms with E-state index in [1.54, 1.807) is 65.3 Å². The van der Waals surface area contributed by atoms with Crippen LogP contribution in [0.5, 0.6) is 0 Å². The Balaban J connectivity index is 0.000000161. The van der Waals surface area contributed by atoms with Crippen molar-refractivity contribution in [2.45, 2.75) is 20.8 Å². The Morgan fingerprint density at radius 1 is 0.623 bits per heavy atom. The van der Waals surface area contributed by atoms with Crippen LogP contribution in [-0.4, -0.2) is 88.3 Å². The van der Waals surface area contributed by atoms with Crippen molar-refractivity contribution in [2.24, 2.45) is 0 Å². The second-order valence-corrected chi connectivity index (χ2v) is 16.5. The largest absolute Gasteiger partial charge is 0.461 e. The highest BCUT2D eigenvalue weighted by atomic mass is 19.1. The number of aromatic nitrogens is 8. The maximum atomic E-state index is 13.7. The molecule has 1 amide bonds. The van der Waals surface area contributed by atoms with E-state index in [1.807, 2.05) is 60.7 Å². The molecule has 15 nitrogen and oxygen atoms in total. The van der Waals surface area contributed by atoms with E-state index >= 15 is 0 Å². The molecule has 0 atom stereocenters. The van der Waals surface area contributed by atoms with E-state index in [2.05, 4.69) is 41.3 Å². The van der Waals surface area contributed by atoms with Gasteiger partial charge in [-0.25, -0.2) is 33.5 Å². The number of piperazine rings is 1. The van der Waals surface area contributed by atoms with Crippen molar-refractivity contribution in [3.05, 3.63) is 156 Å². The monoisotopic (exact) mass is 922 g/mol. The number of imidazole rings is 2. The molecule has 0 bridgehead atoms. The zero-order valence-electron chi connectivity index (χ0n) is 37.7. The Morgan fingerprint density at radius 2 is 1.07 bits per heavy atom. The predicted molar refractivity (Wildman–Crippen MR) is 261 cm³/mol. The minimum Gasteiger partial charge on any atom is -0.461 e. The lowest BCUT2D eigenvalue weighted by Crippen LogP contribution is -2.46. The summed E-state index contributed by atoms with van der Waals surface area (Å²) in [5.74, 6) is -1.05. The molecule has 69 heavy (non-hydrogen) atoms. The molecule has 4 aromatic carbocycles. The number of nitrogen functional groups attached to an aromatic ring is 2. The zero-order valence-corrected chi connectivity index (χ0v) is 37.7. The van der Waals surface area contributed by atoms with Gasteiger partial charge in [0, 0.05) is 84.0 Å². The lowest BCUT2D eigenvalue weighted by molar-refractivity contribution is 0.0520. The molecule has 11 rings (SSSR count). The summed E-state index contributed by atoms with van der Waals surface area (Å²) in [6.45, 7) is 8.73. The summed E-state index contributed by atoms with van der Waals surface area (Å²) in [5.41, 5.74) is 23.2. The van der Waals surface area contributed by atoms with Crippen LogP contribution in [0.15, 0.2) is 122 Å². The first kappa shape index (κ1) is 44.2. The van der Waals surface area contributed by atoms with Gasteiger partial charge in [0.05, 0.1) is 40.4 Å². The van der Waals surface area contributed by atoms with Gasteiger partial charge in [0.15, 0.2) is 28.6 Å². The summed E-state index contributed by atoms with van der Waals surface area (Å²) in [4.78, 5) is 54.6. The number of nitrogens with two attached hydrogens (primary N) is 2. The first-order valence-electron chi connectivity index (χ1n) is 22.2. The summed E-state index contributed by atoms with van der Waals surface area (Å²) in [5, 5.41) is 5.24. The van der Waals surface area contributed by atoms with Crippen molar-refractivity contribution >= 4 is 56.6 Å². The van der Waals surface area contributed by atoms with Gasteiger partial charge in [0.1, 0.15) is 17.3 Å². The fourth-order valence-corrected chi connectivity index (χ4v) is 8.61. The third-order valence-electron chi connectivity index (χ3n) is 12.1. The SMILES string of the molecule is CCOC(=O)c1cn2c(-c3ccc4nccc(C)c4c3)c(-c3ccc(F)cc3)nc(N)c2n1.Cc1ccnc2ccc(-c3c(-c4ccc(F)cc4)nc(N)c4nc(C(=O)N5CCNCC5)cn34)cc12. The van der Waals surface area contributed by atoms with Gasteiger partial charge in [-0.2, -0.15) is 0 Å². The van der Waals surface area contributed by atoms with E-state index in [4.69, 9.17) is 16.2 Å². The maximum Gasteiger partial charge on any atom is 0.358 e. The molecule has 0 aliphatic carbocycles. The van der Waals surface area contributed by atoms with Gasteiger partial charge in [-0.1, -0.05) is 12.1 Å². The molecule has 17 heteroatoms. The van der Waals surface area contributed by atoms with Crippen molar-refractivity contribution in [3.8, 4) is 45.0 Å². The molecule has 1 aliphatic rings. The Morgan fingerprint density at radius 3 is 1.55 bits per heavy atom. The van der Waals surface area contributed by atoms with Crippen LogP contribution < -0.4 is 16.8 Å². The number of benzene rings is 4. The highest BCUT2D eigenvalue weighted by Crippen LogP contribution is 2.37. The lowest BCUT2D eigenvalue weighted by atomic mass is 10.0. The molecule has 0 saturated carbocycles. The van der Waals surface area contributed by atoms with E-state index in [0.29, 0.717) is 64.0 Å². The number of ether oxygens (including phenoxy) is 1. The Labute approximate surface area is 393 Å². The van der Waals surface area contributed by atoms with Crippen LogP contribution in [0.1, 0.15) is 39.0 Å². The highest BCUT2D eigenvalue weighted by Gasteiger charge is 2.26. The van der Waals surface area contributed by atoms with Crippen LogP contribution in [0.2, 0.25) is 0 Å². The van der Waals surface area contributed by atoms with Gasteiger partial charge in [-0.15, -0.1) is 0 Å². The number of nitrogens with zero attached hydrogens (tertiary/aromatic N) is 9. The van der Waals surface area contributed by atoms with Crippen molar-refractivity contribution in [1.82, 2.24) is 48.9 Å². The normalized spacial score (nSPS) is 12.7. The quantitative estimate of drug-likeness (QED) is 0.129. The van der Waals surface area contributed by atoms with Gasteiger partial charge >= 0.3 is 5.97 Å². The molecule has 0 unspecified atom stereocenters. The second kappa shape index (κ2) is 18.2. The van der Waals surface area contributed by atoms with Gasteiger partial charge in [-0.3, -0.25) is 23.6 Å². The Kier molecular flexibility index (Phi) is 11.6. The van der Waals surface area contributed by atoms with Crippen molar-refractivity contribution in [1.29, 1.82) is 0 Å². The van der Waals surface area contributed by atoms with Crippen molar-refractivity contribution in [3.63, 3.8) is 0 Å². The smallest absolute Gasteiger partial charge is 0.358 e. The number of pyridine rings is 2. The predicted octanol–water partition coefficient (Wildman–Crippen LogP) is 8.50. The number of esters is 1. The van der Waals surface area contributed by atoms with Crippen molar-refractivity contribution in [2.75, 3.05) is 44.3 Å². The molecular formula is C52H44F2N12O3. The summed E-state index contributed by atoms with van der Waals surface area (Å²) in [6, 6.07) is 27.9. The molecule has 5 N–H and O–H groups in total. The van der Waals surface area contributed by atoms with Gasteiger partial charge in [0.2, 0.25) is 0 Å². The van der Waals surface area contributed by atoms with E-state index < -0.39 is 5.97 Å². The highest BCUT2D eigenvalue weighted by molar-refractivity contribution is 5.96. The van der Waals surface area contributed by atoms with E-state index in [-0.39, 0.29) is 41.5 Å². The number of hydrogen-bond donors (Lipinski definition) is 3. The third kappa shape index (κ3) is 8.39. The van der Waals surface area contributed by atoms with Gasteiger partial charge < -0.3 is 26.4 Å². The topological polar surface area (TPSA) is 197 Å². The van der Waals surface area contributed by atoms with E-state index in [0.717, 1.165) is 57.1 Å². The fraction of sp³-hybridized carbons (Fsp3) is 0.154. The molecule has 0 spiro atoms. The number of fused-ring (bicyclic) bond motifs is 4. The van der Waals surface area contributed by atoms with Crippen LogP contribution in [0.25, 0.3) is 78.1 Å². The number of hydrogen-bond acceptors (Lipinski definition) is 12. The van der Waals surface area contributed by atoms with Gasteiger partial charge in [-0.05, 0) is 117 Å². The minimum absolute atomic E-state index is 0.126. The molecule has 6 aromatic heterocycles. The molecule has 0 radical (unpaired) electrons. The lowest BCUT2D eigenvalue weighted by Gasteiger charge is -2.26. The molecular weight excluding hydrogens is 879 g/mol. The maximum absolute atomic E-state index is 13.7. The second-order valence-electron chi connectivity index (χ2n) is 16.5. The number of halogens is 2. The molecule has 1 fully saturated rings. The number of aryl methyl sites for hydroxylation is 2. The van der Waals surface area contributed by atoms with E-state index in [1.165, 1.54) is 24.3 Å². The van der Waals surface area contributed by atoms with Crippen LogP contribution in [0.4, 0.5) is 20.4 Å². The third-order valence-corrected chi connectivity index (χ3v) is 12.1. The number of rotatable bonds is 7. The summed E-state index contributed by atoms with van der Waals surface area (Å²) >= 11 is 0. The van der Waals surface area contributed by atoms with E-state index in [9.17, 15) is 18.4 Å². The standard InChI is InChI=1S/C27H24FN7O.C25H20FN5O2/c1-16-8-9-31-21-7-4-18(14-20(16)21)24-23(17-2-5-19(28)6-3-17)33-25(29)26-32-22(15-35(24)26)27(36)34-12-10-30-11-13-34;1-3-33-25(32)20-13-31-22(16-6-9-19-18(12-16)14(2)10-11-28-19)21(30-23(27)24(31)29-20)15-4-7-17(26)8-5-15/h2-9,14-15,30H,10-13H2,1H3,(H2,29,33);4-13H,3H2,1-2H3,(H2,27,30). The molecule has 10 aromatic rings. The molecule has 344 valence electrons. The summed E-state index contributed by atoms with van der Waals surface area (Å²) in [7, 11) is 0. The fourth-order valence-electron chi connectivity index (χ4n) is 8.61. The molecule has 7 heterocycles. The number of carbonyl (C=O) groups is 2. The number of anilines is 2. The Bertz CT molecular complexity index is 3630. The van der Waals surface area contributed by atoms with Crippen LogP contribution in [-0.2, 0) is 4.74 Å². The molecule has 1 saturated heterocycles. The van der Waals surface area contributed by atoms with Crippen LogP contribution >= 0.6 is 0 Å². The average molecular weight is 923 g/mol. The number of amides is 1. The molecule has 1 aliphatic heterocycles. The average Bonchev–Trinajstić information content (AvgIpc) is 4.02. The Hall–Kier alpha value is -8.70. The number of nitrogens with one attached hydrogen (secondary N) is 1.